The lowest BCUT2D eigenvalue weighted by molar-refractivity contribution is 0.174. The molecule has 7 nitrogen and oxygen atoms in total. The molecule has 39 heavy (non-hydrogen) atoms. The molecule has 0 saturated heterocycles. The standard InChI is InChI=1S/C30H23BrN2O5S/c1-35-22-10-8-17(11-23(22)36-2)28-20-9-7-16-5-3-4-6-19(16)27(20)32-30-33(28)29(34)26(39-30)13-18-12-24-25(14-21(18)31)38-15-37-24/h3-6,8,10-14,28H,7,9,15H2,1-2H3/b26-13+/t28-/m0/s1. The second-order valence-electron chi connectivity index (χ2n) is 9.46. The zero-order valence-electron chi connectivity index (χ0n) is 21.2. The number of aromatic nitrogens is 1. The summed E-state index contributed by atoms with van der Waals surface area (Å²) in [6, 6.07) is 17.7. The molecule has 196 valence electrons. The van der Waals surface area contributed by atoms with Crippen LogP contribution in [0.1, 0.15) is 34.7 Å². The fourth-order valence-electron chi connectivity index (χ4n) is 5.53. The van der Waals surface area contributed by atoms with Crippen LogP contribution in [-0.4, -0.2) is 25.6 Å². The van der Waals surface area contributed by atoms with Crippen molar-refractivity contribution in [1.29, 1.82) is 0 Å². The van der Waals surface area contributed by atoms with Crippen molar-refractivity contribution in [3.8, 4) is 23.0 Å². The van der Waals surface area contributed by atoms with Gasteiger partial charge in [-0.2, -0.15) is 0 Å². The topological polar surface area (TPSA) is 71.3 Å². The van der Waals surface area contributed by atoms with E-state index >= 15 is 0 Å². The largest absolute Gasteiger partial charge is 0.493 e. The Hall–Kier alpha value is -3.82. The predicted molar refractivity (Wildman–Crippen MR) is 153 cm³/mol. The lowest BCUT2D eigenvalue weighted by Gasteiger charge is -2.31. The van der Waals surface area contributed by atoms with E-state index in [2.05, 4.69) is 34.1 Å². The fourth-order valence-corrected chi connectivity index (χ4v) is 6.96. The van der Waals surface area contributed by atoms with Crippen LogP contribution in [0.15, 0.2) is 74.4 Å². The first-order chi connectivity index (χ1) is 19.1. The molecular formula is C30H23BrN2O5S. The molecule has 0 N–H and O–H groups in total. The summed E-state index contributed by atoms with van der Waals surface area (Å²) in [7, 11) is 3.24. The highest BCUT2D eigenvalue weighted by molar-refractivity contribution is 9.10. The lowest BCUT2D eigenvalue weighted by atomic mass is 9.83. The summed E-state index contributed by atoms with van der Waals surface area (Å²) < 4.78 is 25.4. The van der Waals surface area contributed by atoms with Crippen molar-refractivity contribution in [2.75, 3.05) is 21.0 Å². The van der Waals surface area contributed by atoms with E-state index in [9.17, 15) is 4.79 Å². The van der Waals surface area contributed by atoms with Gasteiger partial charge >= 0.3 is 0 Å². The van der Waals surface area contributed by atoms with Crippen molar-refractivity contribution in [2.45, 2.75) is 18.9 Å². The highest BCUT2D eigenvalue weighted by Crippen LogP contribution is 2.43. The summed E-state index contributed by atoms with van der Waals surface area (Å²) >= 11 is 5.01. The van der Waals surface area contributed by atoms with Crippen molar-refractivity contribution in [1.82, 2.24) is 4.57 Å². The smallest absolute Gasteiger partial charge is 0.271 e. The van der Waals surface area contributed by atoms with Crippen LogP contribution in [0.4, 0.5) is 0 Å². The average Bonchev–Trinajstić information content (AvgIpc) is 3.54. The van der Waals surface area contributed by atoms with E-state index in [-0.39, 0.29) is 18.4 Å². The monoisotopic (exact) mass is 602 g/mol. The first-order valence-electron chi connectivity index (χ1n) is 12.5. The van der Waals surface area contributed by atoms with Gasteiger partial charge in [0.15, 0.2) is 27.8 Å². The molecule has 9 heteroatoms. The molecule has 0 unspecified atom stereocenters. The van der Waals surface area contributed by atoms with E-state index in [1.807, 2.05) is 47.0 Å². The van der Waals surface area contributed by atoms with Crippen LogP contribution in [0.25, 0.3) is 11.8 Å². The number of methoxy groups -OCH3 is 2. The van der Waals surface area contributed by atoms with Crippen molar-refractivity contribution in [2.24, 2.45) is 4.99 Å². The van der Waals surface area contributed by atoms with Crippen LogP contribution < -0.4 is 33.8 Å². The maximum Gasteiger partial charge on any atom is 0.271 e. The molecule has 1 atom stereocenters. The third-order valence-electron chi connectivity index (χ3n) is 7.37. The van der Waals surface area contributed by atoms with Crippen molar-refractivity contribution >= 4 is 39.0 Å². The zero-order valence-corrected chi connectivity index (χ0v) is 23.6. The van der Waals surface area contributed by atoms with Crippen LogP contribution in [0.5, 0.6) is 23.0 Å². The summed E-state index contributed by atoms with van der Waals surface area (Å²) in [5.41, 5.74) is 6.17. The first-order valence-corrected chi connectivity index (χ1v) is 14.1. The van der Waals surface area contributed by atoms with E-state index in [1.54, 1.807) is 14.2 Å². The van der Waals surface area contributed by atoms with Gasteiger partial charge in [-0.15, -0.1) is 0 Å². The van der Waals surface area contributed by atoms with E-state index in [0.717, 1.165) is 45.3 Å². The molecule has 3 aromatic carbocycles. The van der Waals surface area contributed by atoms with Gasteiger partial charge in [0.2, 0.25) is 6.79 Å². The van der Waals surface area contributed by atoms with Crippen molar-refractivity contribution < 1.29 is 18.9 Å². The molecular weight excluding hydrogens is 580 g/mol. The highest BCUT2D eigenvalue weighted by Gasteiger charge is 2.33. The van der Waals surface area contributed by atoms with E-state index < -0.39 is 0 Å². The molecule has 0 amide bonds. The highest BCUT2D eigenvalue weighted by atomic mass is 79.9. The third kappa shape index (κ3) is 3.91. The van der Waals surface area contributed by atoms with Gasteiger partial charge in [0, 0.05) is 10.0 Å². The molecule has 0 radical (unpaired) electrons. The Balaban J connectivity index is 1.47. The number of fused-ring (bicyclic) bond motifs is 4. The lowest BCUT2D eigenvalue weighted by Crippen LogP contribution is -2.38. The normalized spacial score (nSPS) is 17.3. The quantitative estimate of drug-likeness (QED) is 0.335. The average molecular weight is 603 g/mol. The van der Waals surface area contributed by atoms with Crippen LogP contribution in [-0.2, 0) is 6.42 Å². The Labute approximate surface area is 236 Å². The summed E-state index contributed by atoms with van der Waals surface area (Å²) in [5.74, 6) is 2.61. The summed E-state index contributed by atoms with van der Waals surface area (Å²) in [5, 5.41) is 0. The maximum absolute atomic E-state index is 14.1. The second kappa shape index (κ2) is 9.43. The molecule has 0 spiro atoms. The Kier molecular flexibility index (Phi) is 5.86. The van der Waals surface area contributed by atoms with Gasteiger partial charge in [-0.05, 0) is 65.4 Å². The molecule has 4 aromatic rings. The van der Waals surface area contributed by atoms with Gasteiger partial charge in [0.1, 0.15) is 0 Å². The number of aryl methyl sites for hydroxylation is 1. The minimum Gasteiger partial charge on any atom is -0.493 e. The third-order valence-corrected chi connectivity index (χ3v) is 9.04. The summed E-state index contributed by atoms with van der Waals surface area (Å²) in [4.78, 5) is 19.8. The van der Waals surface area contributed by atoms with Gasteiger partial charge < -0.3 is 18.9 Å². The van der Waals surface area contributed by atoms with Crippen LogP contribution >= 0.6 is 27.3 Å². The van der Waals surface area contributed by atoms with Gasteiger partial charge in [-0.3, -0.25) is 9.36 Å². The number of hydrogen-bond acceptors (Lipinski definition) is 7. The van der Waals surface area contributed by atoms with Gasteiger partial charge in [-0.25, -0.2) is 4.99 Å². The Bertz CT molecular complexity index is 1870. The Morgan fingerprint density at radius 1 is 1.03 bits per heavy atom. The van der Waals surface area contributed by atoms with Crippen LogP contribution in [0.3, 0.4) is 0 Å². The summed E-state index contributed by atoms with van der Waals surface area (Å²) in [6.07, 6.45) is 3.59. The fraction of sp³-hybridized carbons (Fsp3) is 0.200. The Morgan fingerprint density at radius 3 is 2.64 bits per heavy atom. The maximum atomic E-state index is 14.1. The molecule has 0 bridgehead atoms. The summed E-state index contributed by atoms with van der Waals surface area (Å²) in [6.45, 7) is 0.186. The van der Waals surface area contributed by atoms with E-state index in [0.29, 0.717) is 32.3 Å². The molecule has 1 aliphatic carbocycles. The first kappa shape index (κ1) is 24.2. The second-order valence-corrected chi connectivity index (χ2v) is 11.3. The number of halogens is 1. The number of hydrogen-bond donors (Lipinski definition) is 0. The number of benzene rings is 3. The van der Waals surface area contributed by atoms with Crippen LogP contribution in [0.2, 0.25) is 0 Å². The molecule has 0 fully saturated rings. The van der Waals surface area contributed by atoms with Gasteiger partial charge in [0.05, 0.1) is 30.5 Å². The zero-order chi connectivity index (χ0) is 26.7. The Morgan fingerprint density at radius 2 is 1.82 bits per heavy atom. The minimum absolute atomic E-state index is 0.0893. The van der Waals surface area contributed by atoms with Crippen molar-refractivity contribution in [3.05, 3.63) is 107 Å². The minimum atomic E-state index is -0.313. The molecule has 1 aromatic heterocycles. The number of thiazole rings is 1. The predicted octanol–water partition coefficient (Wildman–Crippen LogP) is 4.83. The molecule has 0 saturated carbocycles. The number of rotatable bonds is 4. The number of nitrogens with zero attached hydrogens (tertiary/aromatic N) is 2. The molecule has 3 heterocycles. The van der Waals surface area contributed by atoms with Crippen molar-refractivity contribution in [3.63, 3.8) is 0 Å². The number of ether oxygens (including phenoxy) is 4. The molecule has 2 aliphatic heterocycles. The van der Waals surface area contributed by atoms with E-state index in [4.69, 9.17) is 23.9 Å². The van der Waals surface area contributed by atoms with Crippen LogP contribution in [0, 0.1) is 0 Å². The van der Waals surface area contributed by atoms with Gasteiger partial charge in [0.25, 0.3) is 5.56 Å². The number of allylic oxidation sites excluding steroid dienone is 1. The van der Waals surface area contributed by atoms with E-state index in [1.165, 1.54) is 16.9 Å². The molecule has 3 aliphatic rings. The SMILES string of the molecule is COc1ccc([C@H]2C3=C(N=c4s/c(=C/c5cc6c(cc5Br)OCO6)c(=O)n42)c2ccccc2CC3)cc1OC. The van der Waals surface area contributed by atoms with Gasteiger partial charge in [-0.1, -0.05) is 57.6 Å². The molecule has 7 rings (SSSR count).